The van der Waals surface area contributed by atoms with Crippen molar-refractivity contribution in [2.75, 3.05) is 5.73 Å². The summed E-state index contributed by atoms with van der Waals surface area (Å²) in [4.78, 5) is 12.4. The number of ketones is 1. The first kappa shape index (κ1) is 14.9. The van der Waals surface area contributed by atoms with E-state index in [-0.39, 0.29) is 5.78 Å². The van der Waals surface area contributed by atoms with Crippen LogP contribution in [-0.2, 0) is 6.61 Å². The fraction of sp³-hybridized carbons (Fsp3) is 0.0500. The molecule has 0 atom stereocenters. The second kappa shape index (κ2) is 6.79. The van der Waals surface area contributed by atoms with Gasteiger partial charge >= 0.3 is 0 Å². The molecule has 0 saturated heterocycles. The number of benzene rings is 3. The third-order valence-corrected chi connectivity index (χ3v) is 3.54. The standard InChI is InChI=1S/C20H17NO2/c21-18-10-6-16(7-11-18)20(22)17-8-12-19(13-9-17)23-14-15-4-2-1-3-5-15/h1-13H,14,21H2. The van der Waals surface area contributed by atoms with E-state index in [0.717, 1.165) is 11.3 Å². The highest BCUT2D eigenvalue weighted by atomic mass is 16.5. The number of nitrogen functional groups attached to an aromatic ring is 1. The Hall–Kier alpha value is -3.07. The predicted molar refractivity (Wildman–Crippen MR) is 91.5 cm³/mol. The van der Waals surface area contributed by atoms with Crippen molar-refractivity contribution in [1.82, 2.24) is 0 Å². The van der Waals surface area contributed by atoms with Crippen LogP contribution in [0, 0.1) is 0 Å². The lowest BCUT2D eigenvalue weighted by atomic mass is 10.0. The lowest BCUT2D eigenvalue weighted by Gasteiger charge is -2.07. The molecule has 0 aromatic heterocycles. The maximum Gasteiger partial charge on any atom is 0.193 e. The van der Waals surface area contributed by atoms with Gasteiger partial charge in [0, 0.05) is 16.8 Å². The van der Waals surface area contributed by atoms with Crippen LogP contribution in [0.5, 0.6) is 5.75 Å². The van der Waals surface area contributed by atoms with Gasteiger partial charge in [0.1, 0.15) is 12.4 Å². The molecular weight excluding hydrogens is 286 g/mol. The highest BCUT2D eigenvalue weighted by molar-refractivity contribution is 6.09. The minimum Gasteiger partial charge on any atom is -0.489 e. The summed E-state index contributed by atoms with van der Waals surface area (Å²) in [6.07, 6.45) is 0. The second-order valence-electron chi connectivity index (χ2n) is 5.25. The van der Waals surface area contributed by atoms with Crippen LogP contribution in [-0.4, -0.2) is 5.78 Å². The van der Waals surface area contributed by atoms with Crippen molar-refractivity contribution < 1.29 is 9.53 Å². The molecule has 3 rings (SSSR count). The zero-order valence-electron chi connectivity index (χ0n) is 12.6. The number of ether oxygens (including phenoxy) is 1. The van der Waals surface area contributed by atoms with Crippen molar-refractivity contribution >= 4 is 11.5 Å². The molecule has 0 amide bonds. The maximum atomic E-state index is 12.4. The van der Waals surface area contributed by atoms with Gasteiger partial charge in [-0.1, -0.05) is 30.3 Å². The van der Waals surface area contributed by atoms with E-state index in [4.69, 9.17) is 10.5 Å². The lowest BCUT2D eigenvalue weighted by Crippen LogP contribution is -2.02. The molecule has 3 nitrogen and oxygen atoms in total. The number of anilines is 1. The molecule has 0 aliphatic heterocycles. The molecule has 114 valence electrons. The van der Waals surface area contributed by atoms with Crippen molar-refractivity contribution in [2.45, 2.75) is 6.61 Å². The third-order valence-electron chi connectivity index (χ3n) is 3.54. The summed E-state index contributed by atoms with van der Waals surface area (Å²) in [5, 5.41) is 0. The van der Waals surface area contributed by atoms with E-state index in [2.05, 4.69) is 0 Å². The van der Waals surface area contributed by atoms with Gasteiger partial charge in [-0.3, -0.25) is 4.79 Å². The van der Waals surface area contributed by atoms with Crippen molar-refractivity contribution in [3.63, 3.8) is 0 Å². The van der Waals surface area contributed by atoms with Crippen LogP contribution in [0.15, 0.2) is 78.9 Å². The minimum atomic E-state index is -0.0281. The predicted octanol–water partition coefficient (Wildman–Crippen LogP) is 4.08. The van der Waals surface area contributed by atoms with Gasteiger partial charge in [0.25, 0.3) is 0 Å². The summed E-state index contributed by atoms with van der Waals surface area (Å²) in [5.41, 5.74) is 8.64. The summed E-state index contributed by atoms with van der Waals surface area (Å²) in [5.74, 6) is 0.710. The molecule has 0 radical (unpaired) electrons. The molecule has 23 heavy (non-hydrogen) atoms. The Labute approximate surface area is 135 Å². The van der Waals surface area contributed by atoms with Gasteiger partial charge in [0.15, 0.2) is 5.78 Å². The van der Waals surface area contributed by atoms with E-state index < -0.39 is 0 Å². The zero-order chi connectivity index (χ0) is 16.1. The van der Waals surface area contributed by atoms with E-state index in [1.54, 1.807) is 36.4 Å². The fourth-order valence-electron chi connectivity index (χ4n) is 2.24. The highest BCUT2D eigenvalue weighted by Crippen LogP contribution is 2.17. The molecule has 0 spiro atoms. The topological polar surface area (TPSA) is 52.3 Å². The first-order valence-corrected chi connectivity index (χ1v) is 7.39. The average Bonchev–Trinajstić information content (AvgIpc) is 2.61. The molecule has 0 bridgehead atoms. The quantitative estimate of drug-likeness (QED) is 0.571. The summed E-state index contributed by atoms with van der Waals surface area (Å²) in [6.45, 7) is 0.506. The zero-order valence-corrected chi connectivity index (χ0v) is 12.6. The van der Waals surface area contributed by atoms with E-state index in [1.165, 1.54) is 0 Å². The second-order valence-corrected chi connectivity index (χ2v) is 5.25. The van der Waals surface area contributed by atoms with Crippen LogP contribution in [0.4, 0.5) is 5.69 Å². The Kier molecular flexibility index (Phi) is 4.39. The van der Waals surface area contributed by atoms with Crippen LogP contribution in [0.1, 0.15) is 21.5 Å². The van der Waals surface area contributed by atoms with Crippen molar-refractivity contribution in [2.24, 2.45) is 0 Å². The molecule has 2 N–H and O–H groups in total. The van der Waals surface area contributed by atoms with Gasteiger partial charge in [-0.15, -0.1) is 0 Å². The van der Waals surface area contributed by atoms with Gasteiger partial charge in [-0.05, 0) is 54.1 Å². The number of nitrogens with two attached hydrogens (primary N) is 1. The SMILES string of the molecule is Nc1ccc(C(=O)c2ccc(OCc3ccccc3)cc2)cc1. The van der Waals surface area contributed by atoms with E-state index in [1.807, 2.05) is 42.5 Å². The summed E-state index contributed by atoms with van der Waals surface area (Å²) in [7, 11) is 0. The molecule has 0 saturated carbocycles. The fourth-order valence-corrected chi connectivity index (χ4v) is 2.24. The Bertz CT molecular complexity index is 778. The molecule has 0 aliphatic rings. The molecule has 0 fully saturated rings. The molecule has 3 heteroatoms. The van der Waals surface area contributed by atoms with E-state index in [9.17, 15) is 4.79 Å². The van der Waals surface area contributed by atoms with Crippen LogP contribution < -0.4 is 10.5 Å². The number of carbonyl (C=O) groups is 1. The summed E-state index contributed by atoms with van der Waals surface area (Å²) >= 11 is 0. The Morgan fingerprint density at radius 2 is 1.35 bits per heavy atom. The molecule has 0 aliphatic carbocycles. The van der Waals surface area contributed by atoms with E-state index in [0.29, 0.717) is 23.4 Å². The first-order valence-electron chi connectivity index (χ1n) is 7.39. The first-order chi connectivity index (χ1) is 11.2. The van der Waals surface area contributed by atoms with Crippen molar-refractivity contribution in [1.29, 1.82) is 0 Å². The maximum absolute atomic E-state index is 12.4. The van der Waals surface area contributed by atoms with Crippen LogP contribution >= 0.6 is 0 Å². The van der Waals surface area contributed by atoms with Crippen molar-refractivity contribution in [3.8, 4) is 5.75 Å². The van der Waals surface area contributed by atoms with Gasteiger partial charge in [0.2, 0.25) is 0 Å². The largest absolute Gasteiger partial charge is 0.489 e. The number of hydrogen-bond donors (Lipinski definition) is 1. The van der Waals surface area contributed by atoms with Crippen LogP contribution in [0.2, 0.25) is 0 Å². The van der Waals surface area contributed by atoms with Crippen molar-refractivity contribution in [3.05, 3.63) is 95.6 Å². The van der Waals surface area contributed by atoms with Gasteiger partial charge in [0.05, 0.1) is 0 Å². The molecule has 0 heterocycles. The summed E-state index contributed by atoms with van der Waals surface area (Å²) < 4.78 is 5.72. The van der Waals surface area contributed by atoms with E-state index >= 15 is 0 Å². The molecular formula is C20H17NO2. The molecule has 3 aromatic rings. The third kappa shape index (κ3) is 3.77. The normalized spacial score (nSPS) is 10.3. The van der Waals surface area contributed by atoms with Crippen LogP contribution in [0.25, 0.3) is 0 Å². The average molecular weight is 303 g/mol. The Morgan fingerprint density at radius 3 is 1.96 bits per heavy atom. The van der Waals surface area contributed by atoms with Gasteiger partial charge < -0.3 is 10.5 Å². The highest BCUT2D eigenvalue weighted by Gasteiger charge is 2.08. The molecule has 3 aromatic carbocycles. The monoisotopic (exact) mass is 303 g/mol. The Balaban J connectivity index is 1.67. The molecule has 0 unspecified atom stereocenters. The van der Waals surface area contributed by atoms with Gasteiger partial charge in [-0.2, -0.15) is 0 Å². The Morgan fingerprint density at radius 1 is 0.783 bits per heavy atom. The van der Waals surface area contributed by atoms with Gasteiger partial charge in [-0.25, -0.2) is 0 Å². The smallest absolute Gasteiger partial charge is 0.193 e. The minimum absolute atomic E-state index is 0.0281. The number of rotatable bonds is 5. The number of hydrogen-bond acceptors (Lipinski definition) is 3. The summed E-state index contributed by atoms with van der Waals surface area (Å²) in [6, 6.07) is 24.1. The lowest BCUT2D eigenvalue weighted by molar-refractivity contribution is 0.103. The van der Waals surface area contributed by atoms with Crippen LogP contribution in [0.3, 0.4) is 0 Å². The number of carbonyl (C=O) groups excluding carboxylic acids is 1.